The maximum atomic E-state index is 11.5. The molecule has 1 rings (SSSR count). The molecule has 1 aromatic rings. The van der Waals surface area contributed by atoms with Gasteiger partial charge in [0, 0.05) is 13.0 Å². The summed E-state index contributed by atoms with van der Waals surface area (Å²) < 4.78 is 0. The Hall–Kier alpha value is -1.15. The van der Waals surface area contributed by atoms with Crippen LogP contribution in [0.2, 0.25) is 0 Å². The second-order valence-electron chi connectivity index (χ2n) is 4.56. The molecule has 0 saturated heterocycles. The first-order valence-electron chi connectivity index (χ1n) is 5.95. The minimum Gasteiger partial charge on any atom is -0.306 e. The highest BCUT2D eigenvalue weighted by atomic mass is 16.1. The van der Waals surface area contributed by atoms with Crippen molar-refractivity contribution in [3.05, 3.63) is 35.9 Å². The first-order valence-corrected chi connectivity index (χ1v) is 5.95. The van der Waals surface area contributed by atoms with Crippen LogP contribution in [0.25, 0.3) is 0 Å². The van der Waals surface area contributed by atoms with Crippen molar-refractivity contribution >= 4 is 5.78 Å². The van der Waals surface area contributed by atoms with E-state index in [4.69, 9.17) is 0 Å². The largest absolute Gasteiger partial charge is 0.306 e. The fourth-order valence-electron chi connectivity index (χ4n) is 1.48. The van der Waals surface area contributed by atoms with Gasteiger partial charge >= 0.3 is 0 Å². The first kappa shape index (κ1) is 12.9. The molecule has 88 valence electrons. The summed E-state index contributed by atoms with van der Waals surface area (Å²) in [5, 5.41) is 3.18. The van der Waals surface area contributed by atoms with Crippen LogP contribution in [0.1, 0.15) is 32.3 Å². The Morgan fingerprint density at radius 2 is 1.94 bits per heavy atom. The zero-order valence-electron chi connectivity index (χ0n) is 10.2. The highest BCUT2D eigenvalue weighted by Crippen LogP contribution is 2.03. The van der Waals surface area contributed by atoms with E-state index in [2.05, 4.69) is 31.3 Å². The number of carbonyl (C=O) groups excluding carboxylic acids is 1. The van der Waals surface area contributed by atoms with E-state index in [1.807, 2.05) is 18.2 Å². The van der Waals surface area contributed by atoms with Crippen LogP contribution in [0.4, 0.5) is 0 Å². The molecule has 0 spiro atoms. The lowest BCUT2D eigenvalue weighted by Gasteiger charge is -2.05. The summed E-state index contributed by atoms with van der Waals surface area (Å²) in [7, 11) is 0. The van der Waals surface area contributed by atoms with Crippen molar-refractivity contribution in [2.75, 3.05) is 6.54 Å². The standard InChI is InChI=1S/C14H21NO/c1-12(2)8-9-14(16)11-15-10-13-6-4-3-5-7-13/h3-7,12,15H,8-11H2,1-2H3. The van der Waals surface area contributed by atoms with E-state index in [-0.39, 0.29) is 0 Å². The Morgan fingerprint density at radius 3 is 2.56 bits per heavy atom. The lowest BCUT2D eigenvalue weighted by atomic mass is 10.1. The van der Waals surface area contributed by atoms with E-state index in [0.717, 1.165) is 13.0 Å². The van der Waals surface area contributed by atoms with Gasteiger partial charge in [0.1, 0.15) is 5.78 Å². The Kier molecular flexibility index (Phi) is 5.79. The van der Waals surface area contributed by atoms with Crippen LogP contribution in [-0.4, -0.2) is 12.3 Å². The van der Waals surface area contributed by atoms with E-state index in [1.54, 1.807) is 0 Å². The summed E-state index contributed by atoms with van der Waals surface area (Å²) in [6, 6.07) is 10.1. The van der Waals surface area contributed by atoms with Crippen molar-refractivity contribution in [3.63, 3.8) is 0 Å². The summed E-state index contributed by atoms with van der Waals surface area (Å²) in [5.74, 6) is 0.919. The first-order chi connectivity index (χ1) is 7.68. The Morgan fingerprint density at radius 1 is 1.25 bits per heavy atom. The van der Waals surface area contributed by atoms with Crippen molar-refractivity contribution in [1.29, 1.82) is 0 Å². The number of ketones is 1. The van der Waals surface area contributed by atoms with Gasteiger partial charge < -0.3 is 5.32 Å². The van der Waals surface area contributed by atoms with Gasteiger partial charge in [-0.25, -0.2) is 0 Å². The molecular formula is C14H21NO. The molecule has 0 radical (unpaired) electrons. The van der Waals surface area contributed by atoms with Crippen LogP contribution in [0.5, 0.6) is 0 Å². The lowest BCUT2D eigenvalue weighted by molar-refractivity contribution is -0.118. The van der Waals surface area contributed by atoms with E-state index < -0.39 is 0 Å². The fourth-order valence-corrected chi connectivity index (χ4v) is 1.48. The van der Waals surface area contributed by atoms with Gasteiger partial charge in [0.25, 0.3) is 0 Å². The second-order valence-corrected chi connectivity index (χ2v) is 4.56. The molecule has 0 bridgehead atoms. The molecule has 2 heteroatoms. The second kappa shape index (κ2) is 7.18. The summed E-state index contributed by atoms with van der Waals surface area (Å²) in [6.07, 6.45) is 1.69. The average Bonchev–Trinajstić information content (AvgIpc) is 2.28. The number of benzene rings is 1. The molecule has 0 atom stereocenters. The molecule has 0 aliphatic rings. The molecule has 0 aliphatic carbocycles. The number of nitrogens with one attached hydrogen (secondary N) is 1. The van der Waals surface area contributed by atoms with Gasteiger partial charge in [0.15, 0.2) is 0 Å². The van der Waals surface area contributed by atoms with Gasteiger partial charge in [0.05, 0.1) is 6.54 Å². The molecule has 0 aromatic heterocycles. The van der Waals surface area contributed by atoms with Gasteiger partial charge in [-0.15, -0.1) is 0 Å². The predicted octanol–water partition coefficient (Wildman–Crippen LogP) is 2.78. The highest BCUT2D eigenvalue weighted by Gasteiger charge is 2.03. The topological polar surface area (TPSA) is 29.1 Å². The summed E-state index contributed by atoms with van der Waals surface area (Å²) >= 11 is 0. The normalized spacial score (nSPS) is 10.7. The quantitative estimate of drug-likeness (QED) is 0.764. The number of hydrogen-bond donors (Lipinski definition) is 1. The zero-order chi connectivity index (χ0) is 11.8. The highest BCUT2D eigenvalue weighted by molar-refractivity contribution is 5.80. The SMILES string of the molecule is CC(C)CCC(=O)CNCc1ccccc1. The monoisotopic (exact) mass is 219 g/mol. The number of rotatable bonds is 7. The molecule has 0 saturated carbocycles. The van der Waals surface area contributed by atoms with Gasteiger partial charge in [-0.1, -0.05) is 44.2 Å². The van der Waals surface area contributed by atoms with E-state index in [0.29, 0.717) is 24.7 Å². The molecule has 0 aliphatic heterocycles. The van der Waals surface area contributed by atoms with Crippen molar-refractivity contribution in [3.8, 4) is 0 Å². The van der Waals surface area contributed by atoms with Crippen LogP contribution in [0.15, 0.2) is 30.3 Å². The van der Waals surface area contributed by atoms with Crippen LogP contribution < -0.4 is 5.32 Å². The van der Waals surface area contributed by atoms with Crippen molar-refractivity contribution in [2.45, 2.75) is 33.2 Å². The third-order valence-corrected chi connectivity index (χ3v) is 2.49. The van der Waals surface area contributed by atoms with Crippen LogP contribution in [0, 0.1) is 5.92 Å². The van der Waals surface area contributed by atoms with Crippen LogP contribution >= 0.6 is 0 Å². The van der Waals surface area contributed by atoms with Crippen molar-refractivity contribution in [1.82, 2.24) is 5.32 Å². The molecule has 16 heavy (non-hydrogen) atoms. The van der Waals surface area contributed by atoms with Gasteiger partial charge in [-0.05, 0) is 17.9 Å². The third-order valence-electron chi connectivity index (χ3n) is 2.49. The van der Waals surface area contributed by atoms with E-state index in [9.17, 15) is 4.79 Å². The maximum absolute atomic E-state index is 11.5. The molecule has 0 heterocycles. The van der Waals surface area contributed by atoms with Crippen LogP contribution in [0.3, 0.4) is 0 Å². The van der Waals surface area contributed by atoms with Gasteiger partial charge in [-0.3, -0.25) is 4.79 Å². The molecule has 2 nitrogen and oxygen atoms in total. The van der Waals surface area contributed by atoms with Gasteiger partial charge in [-0.2, -0.15) is 0 Å². The van der Waals surface area contributed by atoms with Crippen molar-refractivity contribution in [2.24, 2.45) is 5.92 Å². The summed E-state index contributed by atoms with van der Waals surface area (Å²) in [6.45, 7) is 5.55. The molecule has 0 unspecified atom stereocenters. The minimum absolute atomic E-state index is 0.310. The van der Waals surface area contributed by atoms with Crippen molar-refractivity contribution < 1.29 is 4.79 Å². The molecule has 0 amide bonds. The molecular weight excluding hydrogens is 198 g/mol. The summed E-state index contributed by atoms with van der Waals surface area (Å²) in [5.41, 5.74) is 1.22. The molecule has 1 N–H and O–H groups in total. The smallest absolute Gasteiger partial charge is 0.146 e. The maximum Gasteiger partial charge on any atom is 0.146 e. The molecule has 1 aromatic carbocycles. The number of carbonyl (C=O) groups is 1. The summed E-state index contributed by atoms with van der Waals surface area (Å²) in [4.78, 5) is 11.5. The molecule has 0 fully saturated rings. The lowest BCUT2D eigenvalue weighted by Crippen LogP contribution is -2.22. The Labute approximate surface area is 98.1 Å². The fraction of sp³-hybridized carbons (Fsp3) is 0.500. The van der Waals surface area contributed by atoms with E-state index >= 15 is 0 Å². The zero-order valence-corrected chi connectivity index (χ0v) is 10.2. The van der Waals surface area contributed by atoms with Gasteiger partial charge in [0.2, 0.25) is 0 Å². The Bertz CT molecular complexity index is 306. The number of Topliss-reactive ketones (excluding diaryl/α,β-unsaturated/α-hetero) is 1. The van der Waals surface area contributed by atoms with E-state index in [1.165, 1.54) is 5.56 Å². The average molecular weight is 219 g/mol. The van der Waals surface area contributed by atoms with Crippen LogP contribution in [-0.2, 0) is 11.3 Å². The minimum atomic E-state index is 0.310. The third kappa shape index (κ3) is 5.66. The number of hydrogen-bond acceptors (Lipinski definition) is 2. The predicted molar refractivity (Wildman–Crippen MR) is 67.2 cm³/mol. The Balaban J connectivity index is 2.13.